The van der Waals surface area contributed by atoms with E-state index in [1.54, 1.807) is 31.4 Å². The molecule has 0 radical (unpaired) electrons. The fourth-order valence-electron chi connectivity index (χ4n) is 2.74. The van der Waals surface area contributed by atoms with Crippen LogP contribution in [-0.2, 0) is 4.79 Å². The molecule has 0 unspecified atom stereocenters. The highest BCUT2D eigenvalue weighted by atomic mass is 32.2. The summed E-state index contributed by atoms with van der Waals surface area (Å²) in [5.41, 5.74) is 1.53. The van der Waals surface area contributed by atoms with E-state index in [1.807, 2.05) is 17.5 Å². The first-order chi connectivity index (χ1) is 14.1. The molecule has 0 fully saturated rings. The van der Waals surface area contributed by atoms with Crippen molar-refractivity contribution in [2.24, 2.45) is 0 Å². The van der Waals surface area contributed by atoms with Gasteiger partial charge in [-0.3, -0.25) is 4.79 Å². The number of halogens is 1. The van der Waals surface area contributed by atoms with E-state index in [4.69, 9.17) is 8.83 Å². The van der Waals surface area contributed by atoms with Gasteiger partial charge in [-0.2, -0.15) is 0 Å². The molecular formula is C20H16FN3O3S2. The van der Waals surface area contributed by atoms with E-state index in [2.05, 4.69) is 15.5 Å². The van der Waals surface area contributed by atoms with Gasteiger partial charge in [-0.25, -0.2) is 4.39 Å². The lowest BCUT2D eigenvalue weighted by Gasteiger charge is -2.18. The highest BCUT2D eigenvalue weighted by molar-refractivity contribution is 7.99. The fraction of sp³-hybridized carbons (Fsp3) is 0.150. The van der Waals surface area contributed by atoms with E-state index in [-0.39, 0.29) is 23.5 Å². The lowest BCUT2D eigenvalue weighted by molar-refractivity contribution is -0.119. The smallest absolute Gasteiger partial charge is 0.277 e. The SMILES string of the molecule is Cc1occc1-c1nnc(SCC(=O)N[C@H](c2ccc(F)cc2)c2cccs2)o1. The molecule has 1 aromatic carbocycles. The fourth-order valence-corrected chi connectivity index (χ4v) is 4.12. The number of furan rings is 1. The van der Waals surface area contributed by atoms with Gasteiger partial charge in [0.25, 0.3) is 11.1 Å². The Morgan fingerprint density at radius 2 is 2.07 bits per heavy atom. The Morgan fingerprint density at radius 1 is 1.24 bits per heavy atom. The topological polar surface area (TPSA) is 81.2 Å². The number of carbonyl (C=O) groups is 1. The summed E-state index contributed by atoms with van der Waals surface area (Å²) < 4.78 is 24.1. The first-order valence-electron chi connectivity index (χ1n) is 8.69. The molecule has 3 aromatic heterocycles. The molecule has 0 aliphatic heterocycles. The Balaban J connectivity index is 1.42. The summed E-state index contributed by atoms with van der Waals surface area (Å²) >= 11 is 2.67. The molecule has 0 bridgehead atoms. The average Bonchev–Trinajstić information content (AvgIpc) is 3.47. The first-order valence-corrected chi connectivity index (χ1v) is 10.6. The molecule has 4 aromatic rings. The highest BCUT2D eigenvalue weighted by Gasteiger charge is 2.19. The third-order valence-electron chi connectivity index (χ3n) is 4.16. The lowest BCUT2D eigenvalue weighted by Crippen LogP contribution is -2.30. The van der Waals surface area contributed by atoms with Crippen LogP contribution in [0.25, 0.3) is 11.5 Å². The van der Waals surface area contributed by atoms with Crippen molar-refractivity contribution in [3.63, 3.8) is 0 Å². The quantitative estimate of drug-likeness (QED) is 0.424. The van der Waals surface area contributed by atoms with Gasteiger partial charge >= 0.3 is 0 Å². The molecule has 1 N–H and O–H groups in total. The molecule has 0 aliphatic carbocycles. The molecule has 29 heavy (non-hydrogen) atoms. The maximum atomic E-state index is 13.3. The van der Waals surface area contributed by atoms with Crippen molar-refractivity contribution < 1.29 is 18.0 Å². The molecule has 0 aliphatic rings. The second kappa shape index (κ2) is 8.62. The predicted molar refractivity (Wildman–Crippen MR) is 108 cm³/mol. The molecule has 3 heterocycles. The van der Waals surface area contributed by atoms with Crippen molar-refractivity contribution >= 4 is 29.0 Å². The largest absolute Gasteiger partial charge is 0.469 e. The predicted octanol–water partition coefficient (Wildman–Crippen LogP) is 4.84. The zero-order chi connectivity index (χ0) is 20.2. The first kappa shape index (κ1) is 19.4. The van der Waals surface area contributed by atoms with Crippen LogP contribution in [0.15, 0.2) is 68.2 Å². The van der Waals surface area contributed by atoms with Crippen LogP contribution in [0.1, 0.15) is 22.2 Å². The maximum absolute atomic E-state index is 13.3. The van der Waals surface area contributed by atoms with Crippen molar-refractivity contribution in [3.8, 4) is 11.5 Å². The van der Waals surface area contributed by atoms with E-state index in [0.717, 1.165) is 27.8 Å². The van der Waals surface area contributed by atoms with Gasteiger partial charge in [0.1, 0.15) is 11.6 Å². The molecule has 0 spiro atoms. The van der Waals surface area contributed by atoms with Gasteiger partial charge in [0, 0.05) is 4.88 Å². The molecule has 0 saturated heterocycles. The zero-order valence-electron chi connectivity index (χ0n) is 15.3. The number of nitrogens with zero attached hydrogens (tertiary/aromatic N) is 2. The molecule has 0 saturated carbocycles. The number of hydrogen-bond donors (Lipinski definition) is 1. The summed E-state index contributed by atoms with van der Waals surface area (Å²) in [5, 5.41) is 13.2. The van der Waals surface area contributed by atoms with Gasteiger partial charge in [-0.15, -0.1) is 21.5 Å². The number of aromatic nitrogens is 2. The van der Waals surface area contributed by atoms with Crippen molar-refractivity contribution in [1.29, 1.82) is 0 Å². The second-order valence-electron chi connectivity index (χ2n) is 6.12. The molecule has 148 valence electrons. The Labute approximate surface area is 174 Å². The number of thioether (sulfide) groups is 1. The maximum Gasteiger partial charge on any atom is 0.277 e. The number of benzene rings is 1. The normalized spacial score (nSPS) is 12.1. The standard InChI is InChI=1S/C20H16FN3O3S2/c1-12-15(8-9-26-12)19-23-24-20(27-19)29-11-17(25)22-18(16-3-2-10-28-16)13-4-6-14(21)7-5-13/h2-10,18H,11H2,1H3,(H,22,25)/t18-/m1/s1. The van der Waals surface area contributed by atoms with Gasteiger partial charge in [0.2, 0.25) is 5.91 Å². The van der Waals surface area contributed by atoms with Crippen LogP contribution >= 0.6 is 23.1 Å². The van der Waals surface area contributed by atoms with Gasteiger partial charge in [-0.1, -0.05) is 30.0 Å². The molecule has 6 nitrogen and oxygen atoms in total. The Bertz CT molecular complexity index is 1090. The number of rotatable bonds is 7. The van der Waals surface area contributed by atoms with Crippen LogP contribution in [0, 0.1) is 12.7 Å². The van der Waals surface area contributed by atoms with Crippen LogP contribution in [-0.4, -0.2) is 21.9 Å². The Kier molecular flexibility index (Phi) is 5.77. The Morgan fingerprint density at radius 3 is 2.76 bits per heavy atom. The monoisotopic (exact) mass is 429 g/mol. The minimum absolute atomic E-state index is 0.106. The van der Waals surface area contributed by atoms with Crippen LogP contribution < -0.4 is 5.32 Å². The van der Waals surface area contributed by atoms with Crippen LogP contribution in [0.4, 0.5) is 4.39 Å². The van der Waals surface area contributed by atoms with Crippen LogP contribution in [0.2, 0.25) is 0 Å². The summed E-state index contributed by atoms with van der Waals surface area (Å²) in [7, 11) is 0. The van der Waals surface area contributed by atoms with E-state index >= 15 is 0 Å². The van der Waals surface area contributed by atoms with E-state index < -0.39 is 0 Å². The highest BCUT2D eigenvalue weighted by Crippen LogP contribution is 2.28. The zero-order valence-corrected chi connectivity index (χ0v) is 16.9. The molecule has 9 heteroatoms. The minimum atomic E-state index is -0.351. The van der Waals surface area contributed by atoms with Crippen molar-refractivity contribution in [2.45, 2.75) is 18.2 Å². The number of aryl methyl sites for hydroxylation is 1. The summed E-state index contributed by atoms with van der Waals surface area (Å²) in [6.07, 6.45) is 1.55. The number of nitrogens with one attached hydrogen (secondary N) is 1. The number of amides is 1. The van der Waals surface area contributed by atoms with Gasteiger partial charge in [0.15, 0.2) is 0 Å². The number of hydrogen-bond acceptors (Lipinski definition) is 7. The van der Waals surface area contributed by atoms with Crippen molar-refractivity contribution in [1.82, 2.24) is 15.5 Å². The second-order valence-corrected chi connectivity index (χ2v) is 8.03. The van der Waals surface area contributed by atoms with Crippen molar-refractivity contribution in [3.05, 3.63) is 76.1 Å². The van der Waals surface area contributed by atoms with Gasteiger partial charge < -0.3 is 14.2 Å². The minimum Gasteiger partial charge on any atom is -0.469 e. The number of thiophene rings is 1. The Hall–Kier alpha value is -2.91. The van der Waals surface area contributed by atoms with Gasteiger partial charge in [0.05, 0.1) is 23.6 Å². The van der Waals surface area contributed by atoms with Crippen LogP contribution in [0.3, 0.4) is 0 Å². The van der Waals surface area contributed by atoms with Crippen LogP contribution in [0.5, 0.6) is 0 Å². The summed E-state index contributed by atoms with van der Waals surface area (Å²) in [5.74, 6) is 0.621. The molecule has 1 atom stereocenters. The third-order valence-corrected chi connectivity index (χ3v) is 5.91. The summed E-state index contributed by atoms with van der Waals surface area (Å²) in [6.45, 7) is 1.81. The molecule has 4 rings (SSSR count). The van der Waals surface area contributed by atoms with Gasteiger partial charge in [-0.05, 0) is 42.1 Å². The van der Waals surface area contributed by atoms with E-state index in [9.17, 15) is 9.18 Å². The van der Waals surface area contributed by atoms with Crippen molar-refractivity contribution in [2.75, 3.05) is 5.75 Å². The summed E-state index contributed by atoms with van der Waals surface area (Å²) in [4.78, 5) is 13.5. The summed E-state index contributed by atoms with van der Waals surface area (Å²) in [6, 6.07) is 11.4. The van der Waals surface area contributed by atoms with E-state index in [1.165, 1.54) is 23.5 Å². The lowest BCUT2D eigenvalue weighted by atomic mass is 10.1. The molecule has 1 amide bonds. The average molecular weight is 429 g/mol. The van der Waals surface area contributed by atoms with E-state index in [0.29, 0.717) is 16.9 Å². The number of carbonyl (C=O) groups excluding carboxylic acids is 1. The molecular weight excluding hydrogens is 413 g/mol. The third kappa shape index (κ3) is 4.57.